The molecule has 2 aromatic rings. The van der Waals surface area contributed by atoms with E-state index >= 15 is 0 Å². The Morgan fingerprint density at radius 2 is 1.81 bits per heavy atom. The summed E-state index contributed by atoms with van der Waals surface area (Å²) in [7, 11) is 1.61. The maximum atomic E-state index is 12.4. The second-order valence-corrected chi connectivity index (χ2v) is 6.94. The fraction of sp³-hybridized carbons (Fsp3) is 0.316. The van der Waals surface area contributed by atoms with Crippen molar-refractivity contribution in [1.29, 1.82) is 0 Å². The molecule has 138 valence electrons. The van der Waals surface area contributed by atoms with Gasteiger partial charge in [-0.05, 0) is 28.5 Å². The monoisotopic (exact) mass is 375 g/mol. The largest absolute Gasteiger partial charge is 0.497 e. The summed E-state index contributed by atoms with van der Waals surface area (Å²) in [5.41, 5.74) is 0.853. The molecule has 1 amide bonds. The molecule has 26 heavy (non-hydrogen) atoms. The first kappa shape index (κ1) is 19.8. The minimum Gasteiger partial charge on any atom is -0.497 e. The van der Waals surface area contributed by atoms with Crippen LogP contribution in [0.25, 0.3) is 10.8 Å². The highest BCUT2D eigenvalue weighted by Gasteiger charge is 2.23. The molecule has 0 aliphatic heterocycles. The number of fused-ring (bicyclic) bond motifs is 1. The van der Waals surface area contributed by atoms with Gasteiger partial charge in [-0.3, -0.25) is 9.59 Å². The molecule has 0 aliphatic rings. The molecule has 6 nitrogen and oxygen atoms in total. The molecule has 2 aromatic carbocycles. The van der Waals surface area contributed by atoms with Gasteiger partial charge in [0.1, 0.15) is 11.8 Å². The van der Waals surface area contributed by atoms with E-state index < -0.39 is 23.8 Å². The Hall–Kier alpha value is -2.54. The van der Waals surface area contributed by atoms with Gasteiger partial charge in [0.05, 0.1) is 13.0 Å². The maximum absolute atomic E-state index is 12.4. The number of amides is 1. The molecular weight excluding hydrogens is 354 g/mol. The van der Waals surface area contributed by atoms with Crippen LogP contribution in [0.1, 0.15) is 25.3 Å². The van der Waals surface area contributed by atoms with Crippen molar-refractivity contribution in [2.75, 3.05) is 12.9 Å². The number of thioether (sulfide) groups is 1. The zero-order valence-corrected chi connectivity index (χ0v) is 15.6. The first-order valence-electron chi connectivity index (χ1n) is 8.06. The minimum absolute atomic E-state index is 0.0110. The van der Waals surface area contributed by atoms with Crippen LogP contribution in [-0.4, -0.2) is 41.0 Å². The van der Waals surface area contributed by atoms with E-state index in [1.165, 1.54) is 6.92 Å². The van der Waals surface area contributed by atoms with Crippen LogP contribution >= 0.6 is 11.8 Å². The molecule has 0 spiro atoms. The third-order valence-electron chi connectivity index (χ3n) is 3.99. The zero-order chi connectivity index (χ0) is 19.3. The van der Waals surface area contributed by atoms with Crippen LogP contribution in [0.5, 0.6) is 5.75 Å². The summed E-state index contributed by atoms with van der Waals surface area (Å²) in [5, 5.41) is 13.3. The number of carboxylic acid groups (broad SMARTS) is 1. The number of aliphatic carboxylic acids is 1. The van der Waals surface area contributed by atoms with Gasteiger partial charge in [-0.15, -0.1) is 0 Å². The molecule has 0 radical (unpaired) electrons. The van der Waals surface area contributed by atoms with Gasteiger partial charge < -0.3 is 15.2 Å². The number of carbonyl (C=O) groups is 3. The number of ether oxygens (including phenoxy) is 1. The van der Waals surface area contributed by atoms with Crippen LogP contribution in [0.2, 0.25) is 0 Å². The van der Waals surface area contributed by atoms with Gasteiger partial charge in [-0.25, -0.2) is 4.79 Å². The van der Waals surface area contributed by atoms with Gasteiger partial charge in [-0.2, -0.15) is 0 Å². The number of methoxy groups -OCH3 is 1. The zero-order valence-electron chi connectivity index (χ0n) is 14.8. The van der Waals surface area contributed by atoms with Crippen molar-refractivity contribution < 1.29 is 24.2 Å². The summed E-state index contributed by atoms with van der Waals surface area (Å²) in [4.78, 5) is 34.6. The highest BCUT2D eigenvalue weighted by atomic mass is 32.2. The summed E-state index contributed by atoms with van der Waals surface area (Å²) in [5.74, 6) is -1.24. The van der Waals surface area contributed by atoms with Gasteiger partial charge in [0, 0.05) is 12.7 Å². The van der Waals surface area contributed by atoms with E-state index in [1.54, 1.807) is 14.0 Å². The lowest BCUT2D eigenvalue weighted by molar-refractivity contribution is -0.140. The Bertz CT molecular complexity index is 836. The van der Waals surface area contributed by atoms with Gasteiger partial charge in [0.25, 0.3) is 0 Å². The summed E-state index contributed by atoms with van der Waals surface area (Å²) >= 11 is 0.915. The standard InChI is InChI=1S/C19H21NO5S/c1-11(19(24)26-10-17(18(22)23)20-12(2)21)13-4-5-15-9-16(25-3)7-6-14(15)8-13/h4-9,11,17H,10H2,1-3H3,(H,20,21)(H,22,23)/t11-,17+/m0/s1. The molecule has 0 bridgehead atoms. The Morgan fingerprint density at radius 3 is 2.42 bits per heavy atom. The van der Waals surface area contributed by atoms with Crippen LogP contribution in [0.4, 0.5) is 0 Å². The van der Waals surface area contributed by atoms with Crippen molar-refractivity contribution in [3.05, 3.63) is 42.0 Å². The highest BCUT2D eigenvalue weighted by molar-refractivity contribution is 8.13. The molecule has 0 fully saturated rings. The number of hydrogen-bond donors (Lipinski definition) is 2. The number of nitrogens with one attached hydrogen (secondary N) is 1. The van der Waals surface area contributed by atoms with Crippen molar-refractivity contribution in [3.8, 4) is 5.75 Å². The molecule has 0 aromatic heterocycles. The van der Waals surface area contributed by atoms with E-state index in [0.29, 0.717) is 0 Å². The number of rotatable bonds is 7. The molecule has 0 aliphatic carbocycles. The van der Waals surface area contributed by atoms with Gasteiger partial charge in [-0.1, -0.05) is 43.0 Å². The fourth-order valence-electron chi connectivity index (χ4n) is 2.49. The van der Waals surface area contributed by atoms with Crippen molar-refractivity contribution in [2.24, 2.45) is 0 Å². The number of carbonyl (C=O) groups excluding carboxylic acids is 2. The predicted molar refractivity (Wildman–Crippen MR) is 102 cm³/mol. The first-order valence-corrected chi connectivity index (χ1v) is 9.04. The normalized spacial score (nSPS) is 13.0. The summed E-state index contributed by atoms with van der Waals surface area (Å²) in [6.45, 7) is 3.03. The van der Waals surface area contributed by atoms with Crippen molar-refractivity contribution in [2.45, 2.75) is 25.8 Å². The average molecular weight is 375 g/mol. The molecular formula is C19H21NO5S. The van der Waals surface area contributed by atoms with Crippen LogP contribution in [0.15, 0.2) is 36.4 Å². The summed E-state index contributed by atoms with van der Waals surface area (Å²) < 4.78 is 5.20. The second kappa shape index (κ2) is 8.71. The lowest BCUT2D eigenvalue weighted by Gasteiger charge is -2.15. The maximum Gasteiger partial charge on any atom is 0.327 e. The van der Waals surface area contributed by atoms with E-state index in [0.717, 1.165) is 33.8 Å². The van der Waals surface area contributed by atoms with Crippen molar-refractivity contribution in [3.63, 3.8) is 0 Å². The SMILES string of the molecule is COc1ccc2cc([C@H](C)C(=O)SC[C@@H](NC(C)=O)C(=O)O)ccc2c1. The van der Waals surface area contributed by atoms with E-state index in [1.807, 2.05) is 36.4 Å². The lowest BCUT2D eigenvalue weighted by atomic mass is 9.99. The minimum atomic E-state index is -1.16. The molecule has 0 saturated carbocycles. The van der Waals surface area contributed by atoms with Gasteiger partial charge >= 0.3 is 5.97 Å². The van der Waals surface area contributed by atoms with E-state index in [9.17, 15) is 14.4 Å². The van der Waals surface area contributed by atoms with Crippen LogP contribution in [-0.2, 0) is 14.4 Å². The summed E-state index contributed by atoms with van der Waals surface area (Å²) in [6, 6.07) is 10.4. The fourth-order valence-corrected chi connectivity index (χ4v) is 3.43. The van der Waals surface area contributed by atoms with E-state index in [-0.39, 0.29) is 10.9 Å². The third-order valence-corrected chi connectivity index (χ3v) is 5.13. The van der Waals surface area contributed by atoms with Crippen LogP contribution in [0, 0.1) is 0 Å². The molecule has 0 heterocycles. The molecule has 0 saturated heterocycles. The molecule has 0 unspecified atom stereocenters. The predicted octanol–water partition coefficient (Wildman–Crippen LogP) is 2.80. The Morgan fingerprint density at radius 1 is 1.15 bits per heavy atom. The molecule has 2 N–H and O–H groups in total. The molecule has 2 rings (SSSR count). The van der Waals surface area contributed by atoms with Crippen molar-refractivity contribution in [1.82, 2.24) is 5.32 Å². The third kappa shape index (κ3) is 4.98. The quantitative estimate of drug-likeness (QED) is 0.773. The number of hydrogen-bond acceptors (Lipinski definition) is 5. The Balaban J connectivity index is 2.08. The lowest BCUT2D eigenvalue weighted by Crippen LogP contribution is -2.41. The van der Waals surface area contributed by atoms with Crippen LogP contribution in [0.3, 0.4) is 0 Å². The van der Waals surface area contributed by atoms with E-state index in [4.69, 9.17) is 9.84 Å². The Kier molecular flexibility index (Phi) is 6.63. The van der Waals surface area contributed by atoms with Crippen molar-refractivity contribution >= 4 is 39.5 Å². The molecule has 7 heteroatoms. The topological polar surface area (TPSA) is 92.7 Å². The smallest absolute Gasteiger partial charge is 0.327 e. The van der Waals surface area contributed by atoms with Crippen LogP contribution < -0.4 is 10.1 Å². The van der Waals surface area contributed by atoms with Gasteiger partial charge in [0.2, 0.25) is 5.91 Å². The van der Waals surface area contributed by atoms with Gasteiger partial charge in [0.15, 0.2) is 5.12 Å². The average Bonchev–Trinajstić information content (AvgIpc) is 2.62. The number of carboxylic acids is 1. The summed E-state index contributed by atoms with van der Waals surface area (Å²) in [6.07, 6.45) is 0. The number of benzene rings is 2. The Labute approximate surface area is 155 Å². The highest BCUT2D eigenvalue weighted by Crippen LogP contribution is 2.28. The first-order chi connectivity index (χ1) is 12.3. The second-order valence-electron chi connectivity index (χ2n) is 5.92. The van der Waals surface area contributed by atoms with E-state index in [2.05, 4.69) is 5.32 Å². The molecule has 2 atom stereocenters.